The van der Waals surface area contributed by atoms with Crippen LogP contribution in [0.4, 0.5) is 13.2 Å². The largest absolute Gasteiger partial charge is 0.416 e. The number of alkyl halides is 3. The van der Waals surface area contributed by atoms with Crippen molar-refractivity contribution in [1.82, 2.24) is 9.21 Å². The first-order valence-electron chi connectivity index (χ1n) is 8.05. The van der Waals surface area contributed by atoms with Crippen molar-refractivity contribution in [2.45, 2.75) is 19.6 Å². The van der Waals surface area contributed by atoms with E-state index in [1.54, 1.807) is 11.2 Å². The third-order valence-corrected chi connectivity index (χ3v) is 6.79. The van der Waals surface area contributed by atoms with E-state index in [1.807, 2.05) is 0 Å². The molecular formula is C16H21F3N2O2S. The minimum atomic E-state index is -4.31. The fourth-order valence-corrected chi connectivity index (χ4v) is 4.85. The van der Waals surface area contributed by atoms with E-state index in [9.17, 15) is 21.6 Å². The van der Waals surface area contributed by atoms with E-state index in [-0.39, 0.29) is 5.75 Å². The molecule has 134 valence electrons. The third-order valence-electron chi connectivity index (χ3n) is 4.97. The number of halogens is 3. The predicted molar refractivity (Wildman–Crippen MR) is 84.7 cm³/mol. The molecule has 0 spiro atoms. The summed E-state index contributed by atoms with van der Waals surface area (Å²) < 4.78 is 63.2. The minimum Gasteiger partial charge on any atom is -0.298 e. The second kappa shape index (κ2) is 6.31. The van der Waals surface area contributed by atoms with Gasteiger partial charge in [-0.3, -0.25) is 4.90 Å². The average molecular weight is 362 g/mol. The van der Waals surface area contributed by atoms with Crippen LogP contribution in [0.25, 0.3) is 0 Å². The molecule has 0 bridgehead atoms. The topological polar surface area (TPSA) is 40.6 Å². The molecule has 0 N–H and O–H groups in total. The zero-order valence-electron chi connectivity index (χ0n) is 13.5. The number of nitrogens with zero attached hydrogens (tertiary/aromatic N) is 2. The highest BCUT2D eigenvalue weighted by Gasteiger charge is 2.43. The summed E-state index contributed by atoms with van der Waals surface area (Å²) in [4.78, 5) is 2.20. The van der Waals surface area contributed by atoms with E-state index in [4.69, 9.17) is 0 Å². The summed E-state index contributed by atoms with van der Waals surface area (Å²) in [5, 5.41) is 0. The average Bonchev–Trinajstić information content (AvgIpc) is 3.05. The summed E-state index contributed by atoms with van der Waals surface area (Å²) in [6.07, 6.45) is -4.31. The monoisotopic (exact) mass is 362 g/mol. The van der Waals surface area contributed by atoms with Gasteiger partial charge in [-0.2, -0.15) is 13.2 Å². The summed E-state index contributed by atoms with van der Waals surface area (Å²) in [5.74, 6) is 0.767. The molecule has 0 amide bonds. The molecule has 2 aliphatic rings. The third kappa shape index (κ3) is 3.60. The quantitative estimate of drug-likeness (QED) is 0.826. The Hall–Kier alpha value is -1.12. The molecular weight excluding hydrogens is 341 g/mol. The Labute approximate surface area is 140 Å². The molecule has 4 nitrogen and oxygen atoms in total. The molecule has 1 aromatic carbocycles. The lowest BCUT2D eigenvalue weighted by Crippen LogP contribution is -2.34. The summed E-state index contributed by atoms with van der Waals surface area (Å²) in [5.41, 5.74) is 0.214. The van der Waals surface area contributed by atoms with Gasteiger partial charge in [0.15, 0.2) is 0 Å². The van der Waals surface area contributed by atoms with Crippen LogP contribution in [0, 0.1) is 11.8 Å². The Kier molecular flexibility index (Phi) is 4.65. The lowest BCUT2D eigenvalue weighted by atomic mass is 10.0. The van der Waals surface area contributed by atoms with Gasteiger partial charge in [-0.25, -0.2) is 12.7 Å². The number of likely N-dealkylation sites (tertiary alicyclic amines) is 1. The molecule has 3 rings (SSSR count). The molecule has 2 saturated heterocycles. The molecule has 0 unspecified atom stereocenters. The lowest BCUT2D eigenvalue weighted by molar-refractivity contribution is -0.137. The SMILES string of the molecule is CCS(=O)(=O)N1C[C@@H]2CN(Cc3ccc(C(F)(F)F)cc3)C[C@H]2C1. The Morgan fingerprint density at radius 3 is 2.04 bits per heavy atom. The zero-order chi connectivity index (χ0) is 17.5. The maximum atomic E-state index is 12.6. The summed E-state index contributed by atoms with van der Waals surface area (Å²) in [6, 6.07) is 5.26. The first-order valence-corrected chi connectivity index (χ1v) is 9.66. The highest BCUT2D eigenvalue weighted by atomic mass is 32.2. The standard InChI is InChI=1S/C16H21F3N2O2S/c1-2-24(22,23)21-10-13-8-20(9-14(13)11-21)7-12-3-5-15(6-4-12)16(17,18)19/h3-6,13-14H,2,7-11H2,1H3/t13-,14-/m0/s1. The molecule has 2 fully saturated rings. The first-order chi connectivity index (χ1) is 11.2. The van der Waals surface area contributed by atoms with E-state index in [0.717, 1.165) is 30.8 Å². The Morgan fingerprint density at radius 1 is 1.04 bits per heavy atom. The summed E-state index contributed by atoms with van der Waals surface area (Å²) in [7, 11) is -3.13. The molecule has 1 aromatic rings. The Balaban J connectivity index is 1.57. The Bertz CT molecular complexity index is 674. The van der Waals surface area contributed by atoms with Gasteiger partial charge in [0, 0.05) is 32.7 Å². The summed E-state index contributed by atoms with van der Waals surface area (Å²) >= 11 is 0. The van der Waals surface area contributed by atoms with Gasteiger partial charge in [0.25, 0.3) is 0 Å². The lowest BCUT2D eigenvalue weighted by Gasteiger charge is -2.21. The van der Waals surface area contributed by atoms with Gasteiger partial charge in [0.1, 0.15) is 0 Å². The second-order valence-electron chi connectivity index (χ2n) is 6.63. The molecule has 0 aromatic heterocycles. The van der Waals surface area contributed by atoms with E-state index < -0.39 is 21.8 Å². The van der Waals surface area contributed by atoms with Gasteiger partial charge in [-0.1, -0.05) is 12.1 Å². The maximum absolute atomic E-state index is 12.6. The van der Waals surface area contributed by atoms with Crippen molar-refractivity contribution in [2.75, 3.05) is 31.9 Å². The van der Waals surface area contributed by atoms with Crippen molar-refractivity contribution in [3.63, 3.8) is 0 Å². The number of benzene rings is 1. The van der Waals surface area contributed by atoms with Crippen molar-refractivity contribution < 1.29 is 21.6 Å². The van der Waals surface area contributed by atoms with E-state index >= 15 is 0 Å². The highest BCUT2D eigenvalue weighted by molar-refractivity contribution is 7.89. The van der Waals surface area contributed by atoms with Crippen molar-refractivity contribution in [3.8, 4) is 0 Å². The fraction of sp³-hybridized carbons (Fsp3) is 0.625. The Morgan fingerprint density at radius 2 is 1.58 bits per heavy atom. The normalized spacial score (nSPS) is 26.0. The minimum absolute atomic E-state index is 0.127. The second-order valence-corrected chi connectivity index (χ2v) is 8.88. The molecule has 24 heavy (non-hydrogen) atoms. The van der Waals surface area contributed by atoms with Crippen LogP contribution in [0.15, 0.2) is 24.3 Å². The van der Waals surface area contributed by atoms with E-state index in [1.165, 1.54) is 12.1 Å². The smallest absolute Gasteiger partial charge is 0.298 e. The predicted octanol–water partition coefficient (Wildman–Crippen LogP) is 2.42. The van der Waals surface area contributed by atoms with Gasteiger partial charge in [-0.05, 0) is 36.5 Å². The molecule has 8 heteroatoms. The van der Waals surface area contributed by atoms with Gasteiger partial charge in [-0.15, -0.1) is 0 Å². The number of fused-ring (bicyclic) bond motifs is 1. The molecule has 2 atom stereocenters. The van der Waals surface area contributed by atoms with Crippen LogP contribution in [0.3, 0.4) is 0 Å². The van der Waals surface area contributed by atoms with Gasteiger partial charge in [0.05, 0.1) is 11.3 Å². The van der Waals surface area contributed by atoms with Crippen LogP contribution in [-0.2, 0) is 22.7 Å². The zero-order valence-corrected chi connectivity index (χ0v) is 14.3. The van der Waals surface area contributed by atoms with Crippen LogP contribution in [0.5, 0.6) is 0 Å². The van der Waals surface area contributed by atoms with Crippen LogP contribution in [-0.4, -0.2) is 49.6 Å². The fourth-order valence-electron chi connectivity index (χ4n) is 3.64. The molecule has 0 radical (unpaired) electrons. The van der Waals surface area contributed by atoms with Crippen molar-refractivity contribution in [3.05, 3.63) is 35.4 Å². The van der Waals surface area contributed by atoms with Crippen molar-refractivity contribution >= 4 is 10.0 Å². The number of rotatable bonds is 4. The highest BCUT2D eigenvalue weighted by Crippen LogP contribution is 2.34. The van der Waals surface area contributed by atoms with Crippen molar-refractivity contribution in [1.29, 1.82) is 0 Å². The molecule has 0 aliphatic carbocycles. The molecule has 2 heterocycles. The van der Waals surface area contributed by atoms with Crippen molar-refractivity contribution in [2.24, 2.45) is 11.8 Å². The number of hydrogen-bond donors (Lipinski definition) is 0. The maximum Gasteiger partial charge on any atom is 0.416 e. The number of sulfonamides is 1. The van der Waals surface area contributed by atoms with Gasteiger partial charge in [0.2, 0.25) is 10.0 Å². The molecule has 0 saturated carbocycles. The van der Waals surface area contributed by atoms with E-state index in [2.05, 4.69) is 4.90 Å². The van der Waals surface area contributed by atoms with Gasteiger partial charge >= 0.3 is 6.18 Å². The van der Waals surface area contributed by atoms with Crippen LogP contribution >= 0.6 is 0 Å². The molecule has 2 aliphatic heterocycles. The van der Waals surface area contributed by atoms with Crippen LogP contribution < -0.4 is 0 Å². The first kappa shape index (κ1) is 17.7. The number of hydrogen-bond acceptors (Lipinski definition) is 3. The van der Waals surface area contributed by atoms with Crippen LogP contribution in [0.1, 0.15) is 18.1 Å². The summed E-state index contributed by atoms with van der Waals surface area (Å²) in [6.45, 7) is 4.96. The van der Waals surface area contributed by atoms with Crippen LogP contribution in [0.2, 0.25) is 0 Å². The van der Waals surface area contributed by atoms with E-state index in [0.29, 0.717) is 31.5 Å². The van der Waals surface area contributed by atoms with Gasteiger partial charge < -0.3 is 0 Å².